The number of rotatable bonds is 4. The molecule has 2 heterocycles. The number of hydrogen-bond donors (Lipinski definition) is 0. The quantitative estimate of drug-likeness (QED) is 0.194. The first-order valence-corrected chi connectivity index (χ1v) is 20.6. The summed E-state index contributed by atoms with van der Waals surface area (Å²) >= 11 is 2.56. The van der Waals surface area contributed by atoms with E-state index < -0.39 is 16.6 Å². The summed E-state index contributed by atoms with van der Waals surface area (Å²) < 4.78 is 22.6. The molecule has 2 aliphatic heterocycles. The van der Waals surface area contributed by atoms with Gasteiger partial charge in [-0.3, -0.25) is 0 Å². The van der Waals surface area contributed by atoms with E-state index in [4.69, 9.17) is 13.6 Å². The standard InChI is InChI=1S/C29H46INO3Si2/c1-27(2,3)35(8,9)33-22-13-12-19-21-16-18-20(30)17-23(34-36(10,11)28(4,5)6)25-24(18)29(19,26(22)32-25)14-15-31(21)7/h12-13,17,19,21-22,26H,14-16H2,1-11H3/t19-,21+,22-,26-,29-/m0/s1. The normalized spacial score (nSPS) is 31.8. The lowest BCUT2D eigenvalue weighted by Crippen LogP contribution is -2.66. The summed E-state index contributed by atoms with van der Waals surface area (Å²) in [6.45, 7) is 24.4. The molecule has 0 aromatic heterocycles. The van der Waals surface area contributed by atoms with Gasteiger partial charge in [-0.05, 0) is 96.9 Å². The van der Waals surface area contributed by atoms with Crippen LogP contribution in [-0.2, 0) is 16.3 Å². The zero-order chi connectivity index (χ0) is 26.6. The van der Waals surface area contributed by atoms with Crippen molar-refractivity contribution in [3.05, 3.63) is 32.9 Å². The predicted octanol–water partition coefficient (Wildman–Crippen LogP) is 7.51. The van der Waals surface area contributed by atoms with Gasteiger partial charge in [-0.25, -0.2) is 0 Å². The first kappa shape index (κ1) is 27.2. The van der Waals surface area contributed by atoms with Crippen LogP contribution in [0.25, 0.3) is 0 Å². The molecule has 0 radical (unpaired) electrons. The first-order chi connectivity index (χ1) is 16.4. The van der Waals surface area contributed by atoms with E-state index in [1.54, 1.807) is 0 Å². The van der Waals surface area contributed by atoms with Gasteiger partial charge in [0.15, 0.2) is 14.1 Å². The third kappa shape index (κ3) is 3.84. The Balaban J connectivity index is 1.67. The molecule has 1 saturated heterocycles. The van der Waals surface area contributed by atoms with Crippen LogP contribution >= 0.6 is 22.6 Å². The second-order valence-corrected chi connectivity index (χ2v) is 25.4. The Hall–Kier alpha value is -0.356. The van der Waals surface area contributed by atoms with Crippen LogP contribution in [0.2, 0.25) is 36.3 Å². The van der Waals surface area contributed by atoms with Crippen molar-refractivity contribution in [2.24, 2.45) is 5.92 Å². The molecule has 2 bridgehead atoms. The molecule has 1 spiro atoms. The molecule has 1 fully saturated rings. The Morgan fingerprint density at radius 2 is 1.67 bits per heavy atom. The maximum atomic E-state index is 7.15. The van der Waals surface area contributed by atoms with Crippen molar-refractivity contribution < 1.29 is 13.6 Å². The lowest BCUT2D eigenvalue weighted by atomic mass is 9.53. The van der Waals surface area contributed by atoms with E-state index in [1.807, 2.05) is 0 Å². The molecule has 200 valence electrons. The molecule has 0 unspecified atom stereocenters. The predicted molar refractivity (Wildman–Crippen MR) is 163 cm³/mol. The molecule has 1 aromatic carbocycles. The Kier molecular flexibility index (Phi) is 6.29. The maximum Gasteiger partial charge on any atom is 0.250 e. The minimum absolute atomic E-state index is 0.00633. The molecule has 4 nitrogen and oxygen atoms in total. The number of ether oxygens (including phenoxy) is 1. The highest BCUT2D eigenvalue weighted by Gasteiger charge is 2.65. The fraction of sp³-hybridized carbons (Fsp3) is 0.724. The van der Waals surface area contributed by atoms with Crippen molar-refractivity contribution in [1.82, 2.24) is 4.90 Å². The molecule has 2 aliphatic carbocycles. The van der Waals surface area contributed by atoms with Crippen molar-refractivity contribution in [2.75, 3.05) is 13.6 Å². The number of piperidine rings is 1. The summed E-state index contributed by atoms with van der Waals surface area (Å²) in [5.41, 5.74) is 2.91. The van der Waals surface area contributed by atoms with Crippen molar-refractivity contribution in [3.63, 3.8) is 0 Å². The molecule has 4 aliphatic rings. The Morgan fingerprint density at radius 3 is 2.28 bits per heavy atom. The number of hydrogen-bond acceptors (Lipinski definition) is 4. The van der Waals surface area contributed by atoms with Gasteiger partial charge in [0.25, 0.3) is 8.32 Å². The molecule has 0 saturated carbocycles. The van der Waals surface area contributed by atoms with E-state index in [0.717, 1.165) is 30.9 Å². The van der Waals surface area contributed by atoms with E-state index in [1.165, 1.54) is 14.7 Å². The molecule has 7 heteroatoms. The summed E-state index contributed by atoms with van der Waals surface area (Å²) in [4.78, 5) is 2.59. The fourth-order valence-corrected chi connectivity index (χ4v) is 9.39. The highest BCUT2D eigenvalue weighted by atomic mass is 127. The van der Waals surface area contributed by atoms with Crippen LogP contribution in [-0.4, -0.2) is 53.4 Å². The molecular weight excluding hydrogens is 593 g/mol. The van der Waals surface area contributed by atoms with Crippen LogP contribution in [0.4, 0.5) is 0 Å². The van der Waals surface area contributed by atoms with Gasteiger partial charge in [0.1, 0.15) is 18.0 Å². The summed E-state index contributed by atoms with van der Waals surface area (Å²) in [5.74, 6) is 2.45. The molecular formula is C29H46INO3Si2. The monoisotopic (exact) mass is 639 g/mol. The lowest BCUT2D eigenvalue weighted by molar-refractivity contribution is -0.0415. The number of benzene rings is 1. The van der Waals surface area contributed by atoms with Gasteiger partial charge in [-0.1, -0.05) is 53.7 Å². The third-order valence-corrected chi connectivity index (χ3v) is 20.4. The fourth-order valence-electron chi connectivity index (χ4n) is 6.37. The third-order valence-electron chi connectivity index (χ3n) is 10.6. The second kappa shape index (κ2) is 8.32. The topological polar surface area (TPSA) is 30.9 Å². The molecule has 0 amide bonds. The van der Waals surface area contributed by atoms with Crippen LogP contribution in [0, 0.1) is 9.49 Å². The van der Waals surface area contributed by atoms with E-state index in [-0.39, 0.29) is 27.7 Å². The van der Waals surface area contributed by atoms with Crippen LogP contribution in [0.3, 0.4) is 0 Å². The van der Waals surface area contributed by atoms with Gasteiger partial charge in [0.2, 0.25) is 0 Å². The van der Waals surface area contributed by atoms with Crippen LogP contribution in [0.1, 0.15) is 59.1 Å². The SMILES string of the molecule is CN1CC[C@]23c4c5c(I)cc(O[Si](C)(C)C(C)(C)C)c4O[C@H]2[C@@H](O[Si](C)(C)C(C)(C)C)C=C[C@H]3[C@H]1C5. The van der Waals surface area contributed by atoms with Crippen molar-refractivity contribution in [3.8, 4) is 11.5 Å². The number of nitrogens with zero attached hydrogens (tertiary/aromatic N) is 1. The molecule has 5 rings (SSSR count). The average molecular weight is 640 g/mol. The Morgan fingerprint density at radius 1 is 1.03 bits per heavy atom. The van der Waals surface area contributed by atoms with Crippen molar-refractivity contribution >= 4 is 39.2 Å². The summed E-state index contributed by atoms with van der Waals surface area (Å²) in [6.07, 6.45) is 7.03. The zero-order valence-corrected chi connectivity index (χ0v) is 28.4. The largest absolute Gasteiger partial charge is 0.541 e. The summed E-state index contributed by atoms with van der Waals surface area (Å²) in [6, 6.07) is 2.78. The van der Waals surface area contributed by atoms with E-state index in [2.05, 4.69) is 120 Å². The zero-order valence-electron chi connectivity index (χ0n) is 24.2. The minimum atomic E-state index is -2.03. The lowest BCUT2D eigenvalue weighted by Gasteiger charge is -2.57. The van der Waals surface area contributed by atoms with Crippen molar-refractivity contribution in [2.45, 2.75) is 114 Å². The van der Waals surface area contributed by atoms with E-state index in [9.17, 15) is 0 Å². The van der Waals surface area contributed by atoms with Gasteiger partial charge < -0.3 is 18.5 Å². The molecule has 0 N–H and O–H groups in total. The highest BCUT2D eigenvalue weighted by molar-refractivity contribution is 14.1. The van der Waals surface area contributed by atoms with Crippen LogP contribution in [0.15, 0.2) is 18.2 Å². The molecule has 36 heavy (non-hydrogen) atoms. The van der Waals surface area contributed by atoms with E-state index in [0.29, 0.717) is 12.0 Å². The number of halogens is 1. The van der Waals surface area contributed by atoms with Gasteiger partial charge in [0, 0.05) is 26.5 Å². The van der Waals surface area contributed by atoms with Crippen LogP contribution in [0.5, 0.6) is 11.5 Å². The minimum Gasteiger partial charge on any atom is -0.541 e. The van der Waals surface area contributed by atoms with Gasteiger partial charge >= 0.3 is 0 Å². The molecule has 5 atom stereocenters. The van der Waals surface area contributed by atoms with Gasteiger partial charge in [-0.2, -0.15) is 0 Å². The second-order valence-electron chi connectivity index (χ2n) is 14.7. The molecule has 1 aromatic rings. The smallest absolute Gasteiger partial charge is 0.250 e. The summed E-state index contributed by atoms with van der Waals surface area (Å²) in [5, 5.41) is 0.279. The number of likely N-dealkylation sites (N-methyl/N-ethyl adjacent to an activating group) is 1. The maximum absolute atomic E-state index is 7.15. The first-order valence-electron chi connectivity index (χ1n) is 13.7. The Labute approximate surface area is 234 Å². The Bertz CT molecular complexity index is 1100. The highest BCUT2D eigenvalue weighted by Crippen LogP contribution is 2.64. The average Bonchev–Trinajstić information content (AvgIpc) is 3.07. The number of likely N-dealkylation sites (tertiary alicyclic amines) is 1. The van der Waals surface area contributed by atoms with Crippen molar-refractivity contribution in [1.29, 1.82) is 0 Å². The van der Waals surface area contributed by atoms with Crippen LogP contribution < -0.4 is 9.16 Å². The van der Waals surface area contributed by atoms with E-state index >= 15 is 0 Å². The summed E-state index contributed by atoms with van der Waals surface area (Å²) in [7, 11) is -1.71. The van der Waals surface area contributed by atoms with Gasteiger partial charge in [-0.15, -0.1) is 0 Å². The van der Waals surface area contributed by atoms with Gasteiger partial charge in [0.05, 0.1) is 0 Å².